The molecule has 0 bridgehead atoms. The largest absolute Gasteiger partial charge is 0.361 e. The van der Waals surface area contributed by atoms with E-state index in [0.717, 1.165) is 44.2 Å². The number of nitrogens with zero attached hydrogens (tertiary/aromatic N) is 3. The number of hydrogen-bond donors (Lipinski definition) is 1. The molecule has 0 amide bonds. The zero-order valence-electron chi connectivity index (χ0n) is 14.3. The summed E-state index contributed by atoms with van der Waals surface area (Å²) in [6.45, 7) is 7.32. The summed E-state index contributed by atoms with van der Waals surface area (Å²) < 4.78 is 5.48. The second-order valence-electron chi connectivity index (χ2n) is 7.05. The lowest BCUT2D eigenvalue weighted by atomic mass is 9.96. The van der Waals surface area contributed by atoms with Crippen LogP contribution in [0.1, 0.15) is 55.8 Å². The zero-order valence-corrected chi connectivity index (χ0v) is 14.3. The van der Waals surface area contributed by atoms with Crippen molar-refractivity contribution in [2.45, 2.75) is 45.1 Å². The van der Waals surface area contributed by atoms with E-state index in [0.29, 0.717) is 11.8 Å². The SMILES string of the molecule is CC(C)c1noc(C2CCN(Cc3cccc4cc[nH]c34)CC2)n1. The quantitative estimate of drug-likeness (QED) is 0.786. The average Bonchev–Trinajstić information content (AvgIpc) is 3.25. The number of benzene rings is 1. The predicted molar refractivity (Wildman–Crippen MR) is 93.9 cm³/mol. The standard InChI is InChI=1S/C19H24N4O/c1-13(2)18-21-19(24-22-18)15-7-10-23(11-8-15)12-16-5-3-4-14-6-9-20-17(14)16/h3-6,9,13,15,20H,7-8,10-12H2,1-2H3. The molecule has 1 saturated heterocycles. The Hall–Kier alpha value is -2.14. The number of hydrogen-bond acceptors (Lipinski definition) is 4. The van der Waals surface area contributed by atoms with Crippen LogP contribution in [0.25, 0.3) is 10.9 Å². The molecule has 0 unspecified atom stereocenters. The zero-order chi connectivity index (χ0) is 16.5. The Balaban J connectivity index is 1.40. The number of aromatic nitrogens is 3. The van der Waals surface area contributed by atoms with Gasteiger partial charge in [0, 0.05) is 30.1 Å². The van der Waals surface area contributed by atoms with Crippen LogP contribution in [0.3, 0.4) is 0 Å². The van der Waals surface area contributed by atoms with Crippen LogP contribution in [0, 0.1) is 0 Å². The fraction of sp³-hybridized carbons (Fsp3) is 0.474. The van der Waals surface area contributed by atoms with Crippen LogP contribution in [0.2, 0.25) is 0 Å². The predicted octanol–water partition coefficient (Wildman–Crippen LogP) is 4.05. The molecule has 0 aliphatic carbocycles. The van der Waals surface area contributed by atoms with Gasteiger partial charge < -0.3 is 9.51 Å². The average molecular weight is 324 g/mol. The number of aromatic amines is 1. The summed E-state index contributed by atoms with van der Waals surface area (Å²) >= 11 is 0. The van der Waals surface area contributed by atoms with Crippen LogP contribution >= 0.6 is 0 Å². The molecule has 0 spiro atoms. The Morgan fingerprint density at radius 3 is 2.83 bits per heavy atom. The molecule has 1 fully saturated rings. The van der Waals surface area contributed by atoms with Crippen LogP contribution in [-0.4, -0.2) is 33.1 Å². The molecule has 126 valence electrons. The van der Waals surface area contributed by atoms with E-state index < -0.39 is 0 Å². The number of likely N-dealkylation sites (tertiary alicyclic amines) is 1. The third-order valence-electron chi connectivity index (χ3n) is 4.98. The summed E-state index contributed by atoms with van der Waals surface area (Å²) in [6, 6.07) is 8.65. The second kappa shape index (κ2) is 6.40. The van der Waals surface area contributed by atoms with E-state index in [1.54, 1.807) is 0 Å². The first-order valence-corrected chi connectivity index (χ1v) is 8.81. The number of piperidine rings is 1. The van der Waals surface area contributed by atoms with Crippen molar-refractivity contribution in [1.82, 2.24) is 20.0 Å². The number of nitrogens with one attached hydrogen (secondary N) is 1. The summed E-state index contributed by atoms with van der Waals surface area (Å²) in [5.74, 6) is 2.38. The Kier molecular flexibility index (Phi) is 4.10. The van der Waals surface area contributed by atoms with E-state index in [4.69, 9.17) is 4.52 Å². The van der Waals surface area contributed by atoms with Crippen molar-refractivity contribution in [3.63, 3.8) is 0 Å². The van der Waals surface area contributed by atoms with E-state index in [-0.39, 0.29) is 0 Å². The van der Waals surface area contributed by atoms with Gasteiger partial charge in [0.25, 0.3) is 0 Å². The number of rotatable bonds is 4. The molecule has 0 saturated carbocycles. The topological polar surface area (TPSA) is 58.0 Å². The maximum absolute atomic E-state index is 5.48. The highest BCUT2D eigenvalue weighted by molar-refractivity contribution is 5.82. The van der Waals surface area contributed by atoms with Crippen molar-refractivity contribution in [3.05, 3.63) is 47.7 Å². The molecular weight excluding hydrogens is 300 g/mol. The molecule has 0 atom stereocenters. The lowest BCUT2D eigenvalue weighted by Gasteiger charge is -2.30. The fourth-order valence-corrected chi connectivity index (χ4v) is 3.51. The van der Waals surface area contributed by atoms with Crippen molar-refractivity contribution in [2.24, 2.45) is 0 Å². The van der Waals surface area contributed by atoms with Gasteiger partial charge in [-0.3, -0.25) is 4.90 Å². The van der Waals surface area contributed by atoms with Crippen molar-refractivity contribution < 1.29 is 4.52 Å². The van der Waals surface area contributed by atoms with Gasteiger partial charge in [0.2, 0.25) is 5.89 Å². The Labute approximate surface area is 142 Å². The molecule has 24 heavy (non-hydrogen) atoms. The van der Waals surface area contributed by atoms with E-state index in [1.165, 1.54) is 16.5 Å². The lowest BCUT2D eigenvalue weighted by Crippen LogP contribution is -2.32. The van der Waals surface area contributed by atoms with Gasteiger partial charge in [-0.2, -0.15) is 4.98 Å². The summed E-state index contributed by atoms with van der Waals surface area (Å²) in [7, 11) is 0. The van der Waals surface area contributed by atoms with Gasteiger partial charge in [-0.1, -0.05) is 37.2 Å². The van der Waals surface area contributed by atoms with Crippen LogP contribution < -0.4 is 0 Å². The van der Waals surface area contributed by atoms with E-state index in [9.17, 15) is 0 Å². The first-order chi connectivity index (χ1) is 11.7. The highest BCUT2D eigenvalue weighted by Gasteiger charge is 2.25. The summed E-state index contributed by atoms with van der Waals surface area (Å²) in [5.41, 5.74) is 2.63. The molecule has 1 aliphatic rings. The number of para-hydroxylation sites is 1. The van der Waals surface area contributed by atoms with Crippen molar-refractivity contribution in [3.8, 4) is 0 Å². The van der Waals surface area contributed by atoms with Gasteiger partial charge in [0.1, 0.15) is 0 Å². The van der Waals surface area contributed by atoms with Crippen molar-refractivity contribution in [1.29, 1.82) is 0 Å². The first kappa shape index (κ1) is 15.4. The maximum Gasteiger partial charge on any atom is 0.229 e. The Morgan fingerprint density at radius 1 is 1.25 bits per heavy atom. The minimum atomic E-state index is 0.323. The third-order valence-corrected chi connectivity index (χ3v) is 4.98. The van der Waals surface area contributed by atoms with Crippen LogP contribution in [-0.2, 0) is 6.54 Å². The minimum absolute atomic E-state index is 0.323. The van der Waals surface area contributed by atoms with Crippen LogP contribution in [0.15, 0.2) is 35.0 Å². The molecule has 1 aromatic carbocycles. The molecule has 1 N–H and O–H groups in total. The molecule has 1 aliphatic heterocycles. The number of H-pyrrole nitrogens is 1. The Bertz CT molecular complexity index is 812. The van der Waals surface area contributed by atoms with Gasteiger partial charge in [-0.25, -0.2) is 0 Å². The molecule has 5 nitrogen and oxygen atoms in total. The highest BCUT2D eigenvalue weighted by Crippen LogP contribution is 2.29. The first-order valence-electron chi connectivity index (χ1n) is 8.81. The smallest absolute Gasteiger partial charge is 0.229 e. The van der Waals surface area contributed by atoms with Crippen LogP contribution in [0.4, 0.5) is 0 Å². The fourth-order valence-electron chi connectivity index (χ4n) is 3.51. The van der Waals surface area contributed by atoms with Gasteiger partial charge in [-0.05, 0) is 42.9 Å². The molecule has 2 aromatic heterocycles. The van der Waals surface area contributed by atoms with E-state index >= 15 is 0 Å². The van der Waals surface area contributed by atoms with E-state index in [1.807, 2.05) is 6.20 Å². The van der Waals surface area contributed by atoms with Crippen LogP contribution in [0.5, 0.6) is 0 Å². The van der Waals surface area contributed by atoms with Crippen molar-refractivity contribution >= 4 is 10.9 Å². The van der Waals surface area contributed by atoms with Gasteiger partial charge >= 0.3 is 0 Å². The molecule has 3 aromatic rings. The monoisotopic (exact) mass is 324 g/mol. The molecular formula is C19H24N4O. The lowest BCUT2D eigenvalue weighted by molar-refractivity contribution is 0.188. The van der Waals surface area contributed by atoms with Crippen molar-refractivity contribution in [2.75, 3.05) is 13.1 Å². The van der Waals surface area contributed by atoms with E-state index in [2.05, 4.69) is 58.1 Å². The normalized spacial score (nSPS) is 17.1. The number of fused-ring (bicyclic) bond motifs is 1. The summed E-state index contributed by atoms with van der Waals surface area (Å²) in [5, 5.41) is 5.39. The highest BCUT2D eigenvalue weighted by atomic mass is 16.5. The van der Waals surface area contributed by atoms with Gasteiger partial charge in [-0.15, -0.1) is 0 Å². The minimum Gasteiger partial charge on any atom is -0.361 e. The molecule has 3 heterocycles. The summed E-state index contributed by atoms with van der Waals surface area (Å²) in [6.07, 6.45) is 4.18. The third kappa shape index (κ3) is 2.96. The molecule has 4 rings (SSSR count). The summed E-state index contributed by atoms with van der Waals surface area (Å²) in [4.78, 5) is 10.5. The molecule has 5 heteroatoms. The second-order valence-corrected chi connectivity index (χ2v) is 7.05. The van der Waals surface area contributed by atoms with Gasteiger partial charge in [0.15, 0.2) is 5.82 Å². The maximum atomic E-state index is 5.48. The Morgan fingerprint density at radius 2 is 2.08 bits per heavy atom. The van der Waals surface area contributed by atoms with Gasteiger partial charge in [0.05, 0.1) is 0 Å². The molecule has 0 radical (unpaired) electrons.